The molecule has 0 bridgehead atoms. The molecule has 0 heterocycles. The lowest BCUT2D eigenvalue weighted by Crippen LogP contribution is -2.36. The van der Waals surface area contributed by atoms with E-state index in [2.05, 4.69) is 21.2 Å². The second-order valence-corrected chi connectivity index (χ2v) is 8.20. The molecular formula is C20H26BrNO4. The molecule has 0 unspecified atom stereocenters. The van der Waals surface area contributed by atoms with Gasteiger partial charge in [-0.15, -0.1) is 0 Å². The van der Waals surface area contributed by atoms with Crippen LogP contribution in [-0.4, -0.2) is 23.1 Å². The summed E-state index contributed by atoms with van der Waals surface area (Å²) in [6, 6.07) is 5.65. The highest BCUT2D eigenvalue weighted by molar-refractivity contribution is 9.10. The monoisotopic (exact) mass is 423 g/mol. The highest BCUT2D eigenvalue weighted by Gasteiger charge is 2.35. The molecule has 0 spiro atoms. The van der Waals surface area contributed by atoms with Crippen LogP contribution in [0, 0.1) is 11.8 Å². The summed E-state index contributed by atoms with van der Waals surface area (Å²) in [5, 5.41) is 12.3. The number of hydrogen-bond donors (Lipinski definition) is 2. The Balaban J connectivity index is 1.64. The molecule has 2 atom stereocenters. The van der Waals surface area contributed by atoms with Gasteiger partial charge in [0, 0.05) is 10.2 Å². The first-order valence-electron chi connectivity index (χ1n) is 9.48. The minimum Gasteiger partial charge on any atom is -0.481 e. The molecule has 142 valence electrons. The number of carbonyl (C=O) groups is 2. The maximum Gasteiger partial charge on any atom is 0.307 e. The number of carboxylic acids is 1. The van der Waals surface area contributed by atoms with Crippen molar-refractivity contribution >= 4 is 33.5 Å². The Morgan fingerprint density at radius 1 is 1.08 bits per heavy atom. The van der Waals surface area contributed by atoms with E-state index in [0.29, 0.717) is 31.2 Å². The molecule has 1 amide bonds. The van der Waals surface area contributed by atoms with Crippen LogP contribution in [0.15, 0.2) is 22.7 Å². The van der Waals surface area contributed by atoms with E-state index in [-0.39, 0.29) is 5.91 Å². The highest BCUT2D eigenvalue weighted by atomic mass is 79.9. The Morgan fingerprint density at radius 2 is 1.73 bits per heavy atom. The Morgan fingerprint density at radius 3 is 2.42 bits per heavy atom. The smallest absolute Gasteiger partial charge is 0.307 e. The number of nitrogens with one attached hydrogen (secondary N) is 1. The van der Waals surface area contributed by atoms with Gasteiger partial charge in [-0.1, -0.05) is 41.6 Å². The van der Waals surface area contributed by atoms with Gasteiger partial charge in [0.1, 0.15) is 0 Å². The molecule has 1 aromatic carbocycles. The molecule has 0 radical (unpaired) electrons. The number of hydrogen-bond acceptors (Lipinski definition) is 3. The summed E-state index contributed by atoms with van der Waals surface area (Å²) < 4.78 is 6.93. The fourth-order valence-corrected chi connectivity index (χ4v) is 4.36. The summed E-state index contributed by atoms with van der Waals surface area (Å²) in [5.74, 6) is -2.10. The van der Waals surface area contributed by atoms with E-state index >= 15 is 0 Å². The fourth-order valence-electron chi connectivity index (χ4n) is 4.00. The van der Waals surface area contributed by atoms with Crippen LogP contribution in [0.4, 0.5) is 5.69 Å². The van der Waals surface area contributed by atoms with Crippen LogP contribution >= 0.6 is 15.9 Å². The summed E-state index contributed by atoms with van der Waals surface area (Å²) in [6.45, 7) is 0.510. The number of aliphatic carboxylic acids is 1. The molecule has 1 aromatic rings. The number of carbonyl (C=O) groups excluding carboxylic acids is 1. The van der Waals surface area contributed by atoms with Gasteiger partial charge in [-0.05, 0) is 49.4 Å². The van der Waals surface area contributed by atoms with Gasteiger partial charge in [-0.3, -0.25) is 9.59 Å². The first kappa shape index (κ1) is 19.4. The molecule has 2 saturated carbocycles. The van der Waals surface area contributed by atoms with Gasteiger partial charge in [-0.2, -0.15) is 0 Å². The number of carboxylic acid groups (broad SMARTS) is 1. The van der Waals surface area contributed by atoms with Gasteiger partial charge in [0.05, 0.1) is 24.5 Å². The molecule has 2 N–H and O–H groups in total. The summed E-state index contributed by atoms with van der Waals surface area (Å²) >= 11 is 3.54. The van der Waals surface area contributed by atoms with Crippen molar-refractivity contribution in [2.45, 2.75) is 64.1 Å². The average Bonchev–Trinajstić information content (AvgIpc) is 3.15. The SMILES string of the molecule is O=C(Nc1ccc(Br)c(COC2CCCC2)c1)[C@H]1CCCC[C@H]1C(=O)O. The standard InChI is InChI=1S/C20H26BrNO4/c21-18-10-9-14(11-13(18)12-26-15-5-1-2-6-15)22-19(23)16-7-3-4-8-17(16)20(24)25/h9-11,15-17H,1-8,12H2,(H,22,23)(H,24,25)/t16-,17+/m0/s1. The van der Waals surface area contributed by atoms with E-state index in [0.717, 1.165) is 35.7 Å². The van der Waals surface area contributed by atoms with Crippen LogP contribution in [-0.2, 0) is 20.9 Å². The van der Waals surface area contributed by atoms with Crippen molar-refractivity contribution in [3.05, 3.63) is 28.2 Å². The summed E-state index contributed by atoms with van der Waals surface area (Å²) in [7, 11) is 0. The molecule has 26 heavy (non-hydrogen) atoms. The molecule has 2 fully saturated rings. The third kappa shape index (κ3) is 4.86. The van der Waals surface area contributed by atoms with Gasteiger partial charge >= 0.3 is 5.97 Å². The van der Waals surface area contributed by atoms with E-state index < -0.39 is 17.8 Å². The van der Waals surface area contributed by atoms with Crippen molar-refractivity contribution in [3.63, 3.8) is 0 Å². The van der Waals surface area contributed by atoms with Crippen molar-refractivity contribution in [1.29, 1.82) is 0 Å². The van der Waals surface area contributed by atoms with Crippen LogP contribution in [0.2, 0.25) is 0 Å². The maximum atomic E-state index is 12.6. The molecule has 0 aromatic heterocycles. The normalized spacial score (nSPS) is 23.7. The first-order valence-corrected chi connectivity index (χ1v) is 10.3. The zero-order valence-electron chi connectivity index (χ0n) is 14.9. The van der Waals surface area contributed by atoms with Crippen molar-refractivity contribution in [3.8, 4) is 0 Å². The molecule has 0 aliphatic heterocycles. The Hall–Kier alpha value is -1.40. The second kappa shape index (κ2) is 9.00. The minimum atomic E-state index is -0.869. The number of ether oxygens (including phenoxy) is 1. The molecule has 2 aliphatic rings. The van der Waals surface area contributed by atoms with Crippen molar-refractivity contribution in [2.75, 3.05) is 5.32 Å². The van der Waals surface area contributed by atoms with Gasteiger partial charge in [-0.25, -0.2) is 0 Å². The van der Waals surface area contributed by atoms with E-state index in [1.54, 1.807) is 0 Å². The molecule has 5 nitrogen and oxygen atoms in total. The van der Waals surface area contributed by atoms with Crippen molar-refractivity contribution < 1.29 is 19.4 Å². The summed E-state index contributed by atoms with van der Waals surface area (Å²) in [5.41, 5.74) is 1.69. The fraction of sp³-hybridized carbons (Fsp3) is 0.600. The zero-order chi connectivity index (χ0) is 18.5. The highest BCUT2D eigenvalue weighted by Crippen LogP contribution is 2.32. The van der Waals surface area contributed by atoms with Crippen LogP contribution in [0.3, 0.4) is 0 Å². The first-order chi connectivity index (χ1) is 12.5. The molecule has 2 aliphatic carbocycles. The lowest BCUT2D eigenvalue weighted by molar-refractivity contribution is -0.147. The van der Waals surface area contributed by atoms with E-state index in [1.165, 1.54) is 12.8 Å². The van der Waals surface area contributed by atoms with Gasteiger partial charge in [0.2, 0.25) is 5.91 Å². The van der Waals surface area contributed by atoms with E-state index in [4.69, 9.17) is 4.74 Å². The minimum absolute atomic E-state index is 0.193. The molecular weight excluding hydrogens is 398 g/mol. The Labute approximate surface area is 162 Å². The molecule has 0 saturated heterocycles. The summed E-state index contributed by atoms with van der Waals surface area (Å²) in [6.07, 6.45) is 8.02. The predicted molar refractivity (Wildman–Crippen MR) is 103 cm³/mol. The predicted octanol–water partition coefficient (Wildman–Crippen LogP) is 4.74. The van der Waals surface area contributed by atoms with Gasteiger partial charge in [0.25, 0.3) is 0 Å². The summed E-state index contributed by atoms with van der Waals surface area (Å²) in [4.78, 5) is 24.1. The lowest BCUT2D eigenvalue weighted by atomic mass is 9.78. The zero-order valence-corrected chi connectivity index (χ0v) is 16.5. The topological polar surface area (TPSA) is 75.6 Å². The van der Waals surface area contributed by atoms with Gasteiger partial charge in [0.15, 0.2) is 0 Å². The van der Waals surface area contributed by atoms with Gasteiger partial charge < -0.3 is 15.2 Å². The second-order valence-electron chi connectivity index (χ2n) is 7.35. The number of benzene rings is 1. The van der Waals surface area contributed by atoms with Crippen molar-refractivity contribution in [2.24, 2.45) is 11.8 Å². The quantitative estimate of drug-likeness (QED) is 0.692. The van der Waals surface area contributed by atoms with Crippen LogP contribution in [0.5, 0.6) is 0 Å². The van der Waals surface area contributed by atoms with E-state index in [9.17, 15) is 14.7 Å². The maximum absolute atomic E-state index is 12.6. The third-order valence-corrected chi connectivity index (χ3v) is 6.28. The number of rotatable bonds is 6. The van der Waals surface area contributed by atoms with E-state index in [1.807, 2.05) is 18.2 Å². The molecule has 3 rings (SSSR count). The Kier molecular flexibility index (Phi) is 6.70. The third-order valence-electron chi connectivity index (χ3n) is 5.51. The van der Waals surface area contributed by atoms with Crippen LogP contribution < -0.4 is 5.32 Å². The number of anilines is 1. The number of halogens is 1. The van der Waals surface area contributed by atoms with Crippen molar-refractivity contribution in [1.82, 2.24) is 0 Å². The lowest BCUT2D eigenvalue weighted by Gasteiger charge is -2.27. The largest absolute Gasteiger partial charge is 0.481 e. The number of amides is 1. The van der Waals surface area contributed by atoms with Crippen LogP contribution in [0.1, 0.15) is 56.9 Å². The Bertz CT molecular complexity index is 657. The average molecular weight is 424 g/mol. The molecule has 6 heteroatoms. The van der Waals surface area contributed by atoms with Crippen LogP contribution in [0.25, 0.3) is 0 Å².